The minimum atomic E-state index is -0.345. The summed E-state index contributed by atoms with van der Waals surface area (Å²) < 4.78 is 6.90. The van der Waals surface area contributed by atoms with Crippen LogP contribution in [0.3, 0.4) is 0 Å². The highest BCUT2D eigenvalue weighted by molar-refractivity contribution is 8.15. The molecule has 6 nitrogen and oxygen atoms in total. The Kier molecular flexibility index (Phi) is 5.26. The Morgan fingerprint density at radius 2 is 1.93 bits per heavy atom. The molecule has 4 rings (SSSR count). The number of nitrogens with zero attached hydrogens (tertiary/aromatic N) is 1. The molecule has 0 spiro atoms. The Morgan fingerprint density at radius 1 is 1.11 bits per heavy atom. The number of imide groups is 1. The molecule has 2 heterocycles. The van der Waals surface area contributed by atoms with Crippen LogP contribution in [-0.4, -0.2) is 34.5 Å². The predicted molar refractivity (Wildman–Crippen MR) is 109 cm³/mol. The molecule has 2 aromatic carbocycles. The van der Waals surface area contributed by atoms with Gasteiger partial charge in [0.05, 0.1) is 22.0 Å². The third kappa shape index (κ3) is 4.40. The van der Waals surface area contributed by atoms with Crippen LogP contribution in [-0.2, 0) is 11.2 Å². The second-order valence-electron chi connectivity index (χ2n) is 5.99. The monoisotopic (exact) mass is 399 g/mol. The van der Waals surface area contributed by atoms with Gasteiger partial charge in [-0.15, -0.1) is 0 Å². The molecule has 1 aliphatic heterocycles. The molecule has 1 aromatic heterocycles. The van der Waals surface area contributed by atoms with Crippen molar-refractivity contribution in [3.8, 4) is 5.75 Å². The Bertz CT molecular complexity index is 939. The van der Waals surface area contributed by atoms with E-state index in [1.165, 1.54) is 0 Å². The van der Waals surface area contributed by atoms with Crippen LogP contribution in [0.2, 0.25) is 0 Å². The van der Waals surface area contributed by atoms with Crippen LogP contribution in [0.25, 0.3) is 10.2 Å². The Labute approximate surface area is 164 Å². The van der Waals surface area contributed by atoms with Gasteiger partial charge in [0.15, 0.2) is 5.13 Å². The molecule has 27 heavy (non-hydrogen) atoms. The van der Waals surface area contributed by atoms with Crippen LogP contribution >= 0.6 is 23.1 Å². The molecular formula is C19H17N3O3S2. The number of benzene rings is 2. The Morgan fingerprint density at radius 3 is 2.67 bits per heavy atom. The molecule has 138 valence electrons. The summed E-state index contributed by atoms with van der Waals surface area (Å²) in [4.78, 5) is 27.3. The minimum Gasteiger partial charge on any atom is -0.492 e. The van der Waals surface area contributed by atoms with E-state index in [0.717, 1.165) is 38.4 Å². The molecule has 0 radical (unpaired) electrons. The lowest BCUT2D eigenvalue weighted by molar-refractivity contribution is -0.118. The first-order valence-corrected chi connectivity index (χ1v) is 10.2. The molecule has 2 N–H and O–H groups in total. The van der Waals surface area contributed by atoms with Gasteiger partial charge in [-0.1, -0.05) is 47.4 Å². The number of nitrogens with one attached hydrogen (secondary N) is 2. The van der Waals surface area contributed by atoms with E-state index in [4.69, 9.17) is 4.74 Å². The van der Waals surface area contributed by atoms with Gasteiger partial charge in [0, 0.05) is 0 Å². The van der Waals surface area contributed by atoms with Gasteiger partial charge in [-0.3, -0.25) is 14.9 Å². The molecule has 1 saturated heterocycles. The number of hydrogen-bond acceptors (Lipinski definition) is 7. The van der Waals surface area contributed by atoms with Crippen LogP contribution in [0.15, 0.2) is 48.5 Å². The highest BCUT2D eigenvalue weighted by atomic mass is 32.2. The highest BCUT2D eigenvalue weighted by Crippen LogP contribution is 2.25. The first-order valence-electron chi connectivity index (χ1n) is 8.50. The fraction of sp³-hybridized carbons (Fsp3) is 0.211. The van der Waals surface area contributed by atoms with Crippen molar-refractivity contribution in [2.75, 3.05) is 18.5 Å². The van der Waals surface area contributed by atoms with Gasteiger partial charge in [0.25, 0.3) is 5.24 Å². The lowest BCUT2D eigenvalue weighted by Crippen LogP contribution is -2.25. The summed E-state index contributed by atoms with van der Waals surface area (Å²) in [6, 6.07) is 15.7. The lowest BCUT2D eigenvalue weighted by Gasteiger charge is -2.09. The summed E-state index contributed by atoms with van der Waals surface area (Å²) in [5.41, 5.74) is 2.00. The molecule has 1 fully saturated rings. The van der Waals surface area contributed by atoms with E-state index >= 15 is 0 Å². The minimum absolute atomic E-state index is 0.216. The van der Waals surface area contributed by atoms with Gasteiger partial charge in [0.1, 0.15) is 12.4 Å². The summed E-state index contributed by atoms with van der Waals surface area (Å²) in [5, 5.41) is 5.85. The normalized spacial score (nSPS) is 16.5. The average molecular weight is 399 g/mol. The number of hydrogen-bond donors (Lipinski definition) is 2. The number of aromatic nitrogens is 1. The van der Waals surface area contributed by atoms with E-state index in [9.17, 15) is 9.59 Å². The van der Waals surface area contributed by atoms with Crippen molar-refractivity contribution in [3.63, 3.8) is 0 Å². The van der Waals surface area contributed by atoms with Crippen LogP contribution < -0.4 is 15.4 Å². The van der Waals surface area contributed by atoms with Crippen molar-refractivity contribution in [1.82, 2.24) is 10.3 Å². The fourth-order valence-electron chi connectivity index (χ4n) is 2.74. The van der Waals surface area contributed by atoms with Crippen molar-refractivity contribution >= 4 is 49.6 Å². The summed E-state index contributed by atoms with van der Waals surface area (Å²) in [5.74, 6) is 0.552. The molecule has 2 amide bonds. The zero-order valence-electron chi connectivity index (χ0n) is 14.3. The summed E-state index contributed by atoms with van der Waals surface area (Å²) in [6.07, 6.45) is 0.529. The van der Waals surface area contributed by atoms with Crippen LogP contribution in [0.5, 0.6) is 5.75 Å². The van der Waals surface area contributed by atoms with E-state index in [2.05, 4.69) is 21.7 Å². The topological polar surface area (TPSA) is 80.3 Å². The second-order valence-corrected chi connectivity index (χ2v) is 8.20. The van der Waals surface area contributed by atoms with Crippen molar-refractivity contribution in [2.24, 2.45) is 0 Å². The number of carbonyl (C=O) groups excluding carboxylic acids is 2. The Hall–Kier alpha value is -2.58. The number of amides is 2. The van der Waals surface area contributed by atoms with Crippen molar-refractivity contribution < 1.29 is 14.3 Å². The van der Waals surface area contributed by atoms with E-state index < -0.39 is 0 Å². The number of thiazole rings is 1. The number of fused-ring (bicyclic) bond motifs is 1. The quantitative estimate of drug-likeness (QED) is 0.590. The maximum Gasteiger partial charge on any atom is 0.286 e. The fourth-order valence-corrected chi connectivity index (χ4v) is 4.49. The van der Waals surface area contributed by atoms with E-state index in [-0.39, 0.29) is 16.4 Å². The zero-order chi connectivity index (χ0) is 18.6. The van der Waals surface area contributed by atoms with Gasteiger partial charge >= 0.3 is 0 Å². The van der Waals surface area contributed by atoms with E-state index in [1.807, 2.05) is 42.5 Å². The SMILES string of the molecule is O=C1NC(=O)C(Cc2ccc(OCCNc3nc4ccccc4s3)cc2)S1. The predicted octanol–water partition coefficient (Wildman–Crippen LogP) is 3.68. The molecule has 0 bridgehead atoms. The number of thioether (sulfide) groups is 1. The van der Waals surface area contributed by atoms with Gasteiger partial charge in [-0.25, -0.2) is 4.98 Å². The number of rotatable bonds is 7. The highest BCUT2D eigenvalue weighted by Gasteiger charge is 2.31. The third-order valence-electron chi connectivity index (χ3n) is 4.05. The molecular weight excluding hydrogens is 382 g/mol. The summed E-state index contributed by atoms with van der Waals surface area (Å²) in [6.45, 7) is 1.17. The molecule has 8 heteroatoms. The number of anilines is 1. The maximum absolute atomic E-state index is 11.6. The first-order chi connectivity index (χ1) is 13.2. The van der Waals surface area contributed by atoms with Crippen molar-refractivity contribution in [3.05, 3.63) is 54.1 Å². The van der Waals surface area contributed by atoms with Crippen LogP contribution in [0.4, 0.5) is 9.93 Å². The number of para-hydroxylation sites is 1. The molecule has 0 saturated carbocycles. The van der Waals surface area contributed by atoms with E-state index in [0.29, 0.717) is 19.6 Å². The number of carbonyl (C=O) groups is 2. The summed E-state index contributed by atoms with van der Waals surface area (Å²) in [7, 11) is 0. The van der Waals surface area contributed by atoms with Gasteiger partial charge < -0.3 is 10.1 Å². The average Bonchev–Trinajstić information content (AvgIpc) is 3.22. The van der Waals surface area contributed by atoms with Gasteiger partial charge in [0.2, 0.25) is 5.91 Å². The first kappa shape index (κ1) is 17.8. The standard InChI is InChI=1S/C19H17N3O3S2/c23-17-16(27-19(24)22-17)11-12-5-7-13(8-6-12)25-10-9-20-18-21-14-3-1-2-4-15(14)26-18/h1-8,16H,9-11H2,(H,20,21)(H,22,23,24). The molecule has 1 unspecified atom stereocenters. The number of ether oxygens (including phenoxy) is 1. The van der Waals surface area contributed by atoms with Gasteiger partial charge in [-0.05, 0) is 36.2 Å². The second kappa shape index (κ2) is 7.98. The third-order valence-corrected chi connectivity index (χ3v) is 6.03. The van der Waals surface area contributed by atoms with Crippen LogP contribution in [0.1, 0.15) is 5.56 Å². The maximum atomic E-state index is 11.6. The molecule has 3 aromatic rings. The van der Waals surface area contributed by atoms with Crippen molar-refractivity contribution in [2.45, 2.75) is 11.7 Å². The van der Waals surface area contributed by atoms with Crippen molar-refractivity contribution in [1.29, 1.82) is 0 Å². The molecule has 0 aliphatic carbocycles. The van der Waals surface area contributed by atoms with E-state index in [1.54, 1.807) is 11.3 Å². The lowest BCUT2D eigenvalue weighted by atomic mass is 10.1. The molecule has 1 atom stereocenters. The zero-order valence-corrected chi connectivity index (χ0v) is 15.9. The molecule has 1 aliphatic rings. The smallest absolute Gasteiger partial charge is 0.286 e. The van der Waals surface area contributed by atoms with Crippen LogP contribution in [0, 0.1) is 0 Å². The Balaban J connectivity index is 1.24. The summed E-state index contributed by atoms with van der Waals surface area (Å²) >= 11 is 2.67. The largest absolute Gasteiger partial charge is 0.492 e. The van der Waals surface area contributed by atoms with Gasteiger partial charge in [-0.2, -0.15) is 0 Å².